The summed E-state index contributed by atoms with van der Waals surface area (Å²) in [6.45, 7) is 4.03. The summed E-state index contributed by atoms with van der Waals surface area (Å²) in [5.41, 5.74) is 1.34. The van der Waals surface area contributed by atoms with Gasteiger partial charge in [-0.1, -0.05) is 35.9 Å². The van der Waals surface area contributed by atoms with Gasteiger partial charge in [0, 0.05) is 23.7 Å². The molecule has 0 fully saturated rings. The van der Waals surface area contributed by atoms with Crippen LogP contribution in [-0.4, -0.2) is 27.4 Å². The van der Waals surface area contributed by atoms with Crippen LogP contribution >= 0.6 is 11.6 Å². The Morgan fingerprint density at radius 2 is 1.88 bits per heavy atom. The molecular formula is C18H19ClN2O3S. The average molecular weight is 379 g/mol. The summed E-state index contributed by atoms with van der Waals surface area (Å²) in [7, 11) is -3.66. The first-order valence-corrected chi connectivity index (χ1v) is 9.52. The third-order valence-corrected chi connectivity index (χ3v) is 5.11. The zero-order valence-electron chi connectivity index (χ0n) is 13.5. The highest BCUT2D eigenvalue weighted by molar-refractivity contribution is 7.89. The van der Waals surface area contributed by atoms with Crippen molar-refractivity contribution in [1.82, 2.24) is 10.0 Å². The van der Waals surface area contributed by atoms with Gasteiger partial charge in [0.1, 0.15) is 0 Å². The molecule has 132 valence electrons. The standard InChI is InChI=1S/C18H19ClN2O3S/c1-2-11-21-25(23,24)17-5-3-4-15(13-17)18(22)20-12-10-14-6-8-16(19)9-7-14/h2-9,13,21H,1,10-12H2,(H,20,22). The predicted molar refractivity (Wildman–Crippen MR) is 99.3 cm³/mol. The molecule has 0 aliphatic rings. The lowest BCUT2D eigenvalue weighted by Crippen LogP contribution is -2.27. The number of amides is 1. The number of nitrogens with one attached hydrogen (secondary N) is 2. The van der Waals surface area contributed by atoms with Gasteiger partial charge in [-0.3, -0.25) is 4.79 Å². The highest BCUT2D eigenvalue weighted by Crippen LogP contribution is 2.12. The van der Waals surface area contributed by atoms with Gasteiger partial charge in [0.25, 0.3) is 5.91 Å². The SMILES string of the molecule is C=CCNS(=O)(=O)c1cccc(C(=O)NCCc2ccc(Cl)cc2)c1. The Kier molecular flexibility index (Phi) is 6.75. The molecule has 0 aliphatic carbocycles. The van der Waals surface area contributed by atoms with Gasteiger partial charge in [-0.25, -0.2) is 13.1 Å². The van der Waals surface area contributed by atoms with Gasteiger partial charge in [0.15, 0.2) is 0 Å². The number of carbonyl (C=O) groups is 1. The topological polar surface area (TPSA) is 75.3 Å². The zero-order chi connectivity index (χ0) is 18.3. The van der Waals surface area contributed by atoms with Crippen LogP contribution in [0.2, 0.25) is 5.02 Å². The molecule has 2 aromatic carbocycles. The van der Waals surface area contributed by atoms with E-state index < -0.39 is 10.0 Å². The predicted octanol–water partition coefficient (Wildman–Crippen LogP) is 2.78. The van der Waals surface area contributed by atoms with Crippen LogP contribution in [0.1, 0.15) is 15.9 Å². The Labute approximate surface area is 152 Å². The van der Waals surface area contributed by atoms with E-state index in [9.17, 15) is 13.2 Å². The summed E-state index contributed by atoms with van der Waals surface area (Å²) in [4.78, 5) is 12.3. The molecule has 2 aromatic rings. The highest BCUT2D eigenvalue weighted by Gasteiger charge is 2.15. The smallest absolute Gasteiger partial charge is 0.251 e. The number of halogens is 1. The van der Waals surface area contributed by atoms with E-state index in [-0.39, 0.29) is 22.9 Å². The van der Waals surface area contributed by atoms with Gasteiger partial charge < -0.3 is 5.32 Å². The number of hydrogen-bond donors (Lipinski definition) is 2. The lowest BCUT2D eigenvalue weighted by Gasteiger charge is -2.08. The molecule has 0 spiro atoms. The molecule has 0 atom stereocenters. The number of carbonyl (C=O) groups excluding carboxylic acids is 1. The Balaban J connectivity index is 1.98. The van der Waals surface area contributed by atoms with Crippen molar-refractivity contribution in [2.24, 2.45) is 0 Å². The van der Waals surface area contributed by atoms with Crippen molar-refractivity contribution in [1.29, 1.82) is 0 Å². The van der Waals surface area contributed by atoms with Gasteiger partial charge in [-0.2, -0.15) is 0 Å². The van der Waals surface area contributed by atoms with E-state index in [1.54, 1.807) is 18.2 Å². The quantitative estimate of drug-likeness (QED) is 0.693. The fraction of sp³-hybridized carbons (Fsp3) is 0.167. The van der Waals surface area contributed by atoms with Crippen LogP contribution in [0.5, 0.6) is 0 Å². The molecule has 0 aliphatic heterocycles. The molecule has 25 heavy (non-hydrogen) atoms. The molecule has 0 heterocycles. The minimum atomic E-state index is -3.66. The van der Waals surface area contributed by atoms with Gasteiger partial charge >= 0.3 is 0 Å². The maximum absolute atomic E-state index is 12.2. The van der Waals surface area contributed by atoms with Crippen LogP contribution in [0.15, 0.2) is 66.1 Å². The molecular weight excluding hydrogens is 360 g/mol. The fourth-order valence-electron chi connectivity index (χ4n) is 2.13. The first-order valence-electron chi connectivity index (χ1n) is 7.65. The van der Waals surface area contributed by atoms with Gasteiger partial charge in [0.05, 0.1) is 4.90 Å². The van der Waals surface area contributed by atoms with Crippen molar-refractivity contribution in [3.8, 4) is 0 Å². The van der Waals surface area contributed by atoms with Crippen LogP contribution in [0, 0.1) is 0 Å². The molecule has 0 bridgehead atoms. The van der Waals surface area contributed by atoms with E-state index in [1.807, 2.05) is 12.1 Å². The first-order chi connectivity index (χ1) is 11.9. The molecule has 0 unspecified atom stereocenters. The van der Waals surface area contributed by atoms with Crippen LogP contribution in [-0.2, 0) is 16.4 Å². The van der Waals surface area contributed by atoms with Crippen molar-refractivity contribution in [3.05, 3.63) is 77.3 Å². The van der Waals surface area contributed by atoms with Crippen LogP contribution in [0.4, 0.5) is 0 Å². The van der Waals surface area contributed by atoms with Gasteiger partial charge in [-0.15, -0.1) is 6.58 Å². The normalized spacial score (nSPS) is 11.1. The maximum atomic E-state index is 12.2. The number of sulfonamides is 1. The monoisotopic (exact) mass is 378 g/mol. The van der Waals surface area contributed by atoms with E-state index in [4.69, 9.17) is 11.6 Å². The molecule has 2 N–H and O–H groups in total. The molecule has 0 aromatic heterocycles. The highest BCUT2D eigenvalue weighted by atomic mass is 35.5. The molecule has 0 saturated carbocycles. The summed E-state index contributed by atoms with van der Waals surface area (Å²) in [5.74, 6) is -0.324. The molecule has 7 heteroatoms. The molecule has 1 amide bonds. The van der Waals surface area contributed by atoms with Crippen LogP contribution in [0.3, 0.4) is 0 Å². The van der Waals surface area contributed by atoms with E-state index in [0.717, 1.165) is 5.56 Å². The van der Waals surface area contributed by atoms with Crippen molar-refractivity contribution < 1.29 is 13.2 Å². The second-order valence-electron chi connectivity index (χ2n) is 5.30. The summed E-state index contributed by atoms with van der Waals surface area (Å²) < 4.78 is 26.6. The van der Waals surface area contributed by atoms with Gasteiger partial charge in [0.2, 0.25) is 10.0 Å². The van der Waals surface area contributed by atoms with Crippen LogP contribution < -0.4 is 10.0 Å². The average Bonchev–Trinajstić information content (AvgIpc) is 2.61. The second-order valence-corrected chi connectivity index (χ2v) is 7.50. The van der Waals surface area contributed by atoms with Crippen LogP contribution in [0.25, 0.3) is 0 Å². The first kappa shape index (κ1) is 19.2. The van der Waals surface area contributed by atoms with E-state index in [1.165, 1.54) is 24.3 Å². The van der Waals surface area contributed by atoms with E-state index in [0.29, 0.717) is 18.0 Å². The Morgan fingerprint density at radius 3 is 2.56 bits per heavy atom. The van der Waals surface area contributed by atoms with E-state index in [2.05, 4.69) is 16.6 Å². The van der Waals surface area contributed by atoms with Crippen molar-refractivity contribution >= 4 is 27.5 Å². The Morgan fingerprint density at radius 1 is 1.16 bits per heavy atom. The Hall–Kier alpha value is -2.15. The van der Waals surface area contributed by atoms with Crippen molar-refractivity contribution in [3.63, 3.8) is 0 Å². The largest absolute Gasteiger partial charge is 0.352 e. The summed E-state index contributed by atoms with van der Waals surface area (Å²) in [6, 6.07) is 13.3. The second kappa shape index (κ2) is 8.80. The zero-order valence-corrected chi connectivity index (χ0v) is 15.1. The molecule has 0 radical (unpaired) electrons. The third-order valence-electron chi connectivity index (χ3n) is 3.44. The number of benzene rings is 2. The van der Waals surface area contributed by atoms with Gasteiger partial charge in [-0.05, 0) is 42.3 Å². The minimum absolute atomic E-state index is 0.0414. The lowest BCUT2D eigenvalue weighted by atomic mass is 10.1. The molecule has 5 nitrogen and oxygen atoms in total. The molecule has 2 rings (SSSR count). The molecule has 0 saturated heterocycles. The number of hydrogen-bond acceptors (Lipinski definition) is 3. The third kappa shape index (κ3) is 5.70. The summed E-state index contributed by atoms with van der Waals surface area (Å²) in [6.07, 6.45) is 2.10. The Bertz CT molecular complexity index is 849. The van der Waals surface area contributed by atoms with E-state index >= 15 is 0 Å². The fourth-order valence-corrected chi connectivity index (χ4v) is 3.30. The van der Waals surface area contributed by atoms with Crippen molar-refractivity contribution in [2.75, 3.05) is 13.1 Å². The summed E-state index contributed by atoms with van der Waals surface area (Å²) >= 11 is 5.83. The minimum Gasteiger partial charge on any atom is -0.352 e. The lowest BCUT2D eigenvalue weighted by molar-refractivity contribution is 0.0954. The maximum Gasteiger partial charge on any atom is 0.251 e. The summed E-state index contributed by atoms with van der Waals surface area (Å²) in [5, 5.41) is 3.44. The number of rotatable bonds is 8. The van der Waals surface area contributed by atoms with Crippen molar-refractivity contribution in [2.45, 2.75) is 11.3 Å².